The molecule has 0 aliphatic heterocycles. The molecule has 0 heterocycles. The lowest BCUT2D eigenvalue weighted by atomic mass is 9.98. The molecule has 0 radical (unpaired) electrons. The first-order valence-electron chi connectivity index (χ1n) is 14.0. The van der Waals surface area contributed by atoms with Gasteiger partial charge in [-0.3, -0.25) is 0 Å². The summed E-state index contributed by atoms with van der Waals surface area (Å²) in [7, 11) is 0. The highest BCUT2D eigenvalue weighted by Gasteiger charge is 2.02. The fourth-order valence-electron chi connectivity index (χ4n) is 4.00. The van der Waals surface area contributed by atoms with Crippen molar-refractivity contribution in [2.75, 3.05) is 0 Å². The Bertz CT molecular complexity index is 1510. The number of aryl methyl sites for hydroxylation is 3. The lowest BCUT2D eigenvalue weighted by Crippen LogP contribution is -1.91. The lowest BCUT2D eigenvalue weighted by molar-refractivity contribution is 1.26. The SMILES string of the molecule is C\C(C#Cc1c(C)ccc(C)c1C)=C/C=C/C(C)=C/C=C/C=C(C)/C=C/C=C(C)/C=C/c1ccc(C)c(C)c1C. The smallest absolute Gasteiger partial charge is 0.0309 e. The second-order valence-corrected chi connectivity index (χ2v) is 10.7. The minimum Gasteiger partial charge on any atom is -0.0664 e. The fraction of sp³-hybridized carbons (Fsp3) is 0.250. The van der Waals surface area contributed by atoms with E-state index in [1.54, 1.807) is 0 Å². The largest absolute Gasteiger partial charge is 0.0664 e. The van der Waals surface area contributed by atoms with E-state index in [2.05, 4.69) is 178 Å². The molecule has 0 unspecified atom stereocenters. The zero-order valence-corrected chi connectivity index (χ0v) is 26.2. The average molecular weight is 527 g/mol. The van der Waals surface area contributed by atoms with Crippen molar-refractivity contribution in [1.29, 1.82) is 0 Å². The molecule has 0 atom stereocenters. The van der Waals surface area contributed by atoms with Crippen LogP contribution in [0, 0.1) is 53.4 Å². The van der Waals surface area contributed by atoms with Crippen molar-refractivity contribution < 1.29 is 0 Å². The molecule has 2 aromatic rings. The van der Waals surface area contributed by atoms with E-state index in [4.69, 9.17) is 0 Å². The molecule has 40 heavy (non-hydrogen) atoms. The maximum atomic E-state index is 3.35. The van der Waals surface area contributed by atoms with Crippen LogP contribution in [0.3, 0.4) is 0 Å². The maximum absolute atomic E-state index is 3.35. The third-order valence-electron chi connectivity index (χ3n) is 7.21. The van der Waals surface area contributed by atoms with Crippen molar-refractivity contribution in [3.05, 3.63) is 158 Å². The Hall–Kier alpha value is -4.08. The predicted molar refractivity (Wildman–Crippen MR) is 180 cm³/mol. The van der Waals surface area contributed by atoms with Gasteiger partial charge in [0.1, 0.15) is 0 Å². The van der Waals surface area contributed by atoms with Crippen LogP contribution in [0.1, 0.15) is 72.2 Å². The Balaban J connectivity index is 1.92. The molecule has 0 spiro atoms. The Labute approximate surface area is 244 Å². The Morgan fingerprint density at radius 3 is 1.68 bits per heavy atom. The zero-order chi connectivity index (χ0) is 29.7. The summed E-state index contributed by atoms with van der Waals surface area (Å²) in [5, 5.41) is 0. The van der Waals surface area contributed by atoms with Crippen LogP contribution in [0.5, 0.6) is 0 Å². The van der Waals surface area contributed by atoms with Gasteiger partial charge >= 0.3 is 0 Å². The third kappa shape index (κ3) is 10.6. The molecule has 206 valence electrons. The summed E-state index contributed by atoms with van der Waals surface area (Å²) in [6, 6.07) is 8.69. The van der Waals surface area contributed by atoms with E-state index in [0.717, 1.165) is 11.1 Å². The Morgan fingerprint density at radius 2 is 1.02 bits per heavy atom. The van der Waals surface area contributed by atoms with Gasteiger partial charge < -0.3 is 0 Å². The molecule has 0 amide bonds. The number of hydrogen-bond acceptors (Lipinski definition) is 0. The average Bonchev–Trinajstić information content (AvgIpc) is 2.91. The van der Waals surface area contributed by atoms with E-state index in [1.165, 1.54) is 55.7 Å². The molecule has 0 fully saturated rings. The minimum absolute atomic E-state index is 1.05. The number of allylic oxidation sites excluding steroid dienone is 15. The summed E-state index contributed by atoms with van der Waals surface area (Å²) < 4.78 is 0. The minimum atomic E-state index is 1.05. The number of benzene rings is 2. The molecule has 0 aliphatic rings. The molecule has 0 saturated heterocycles. The van der Waals surface area contributed by atoms with Crippen LogP contribution in [0.25, 0.3) is 6.08 Å². The Kier molecular flexibility index (Phi) is 13.0. The monoisotopic (exact) mass is 526 g/mol. The van der Waals surface area contributed by atoms with Crippen molar-refractivity contribution in [2.24, 2.45) is 0 Å². The van der Waals surface area contributed by atoms with E-state index >= 15 is 0 Å². The maximum Gasteiger partial charge on any atom is 0.0309 e. The van der Waals surface area contributed by atoms with E-state index in [-0.39, 0.29) is 0 Å². The normalized spacial score (nSPS) is 13.8. The van der Waals surface area contributed by atoms with Crippen molar-refractivity contribution in [3.63, 3.8) is 0 Å². The first-order chi connectivity index (χ1) is 19.0. The fourth-order valence-corrected chi connectivity index (χ4v) is 4.00. The van der Waals surface area contributed by atoms with Crippen LogP contribution in [0.2, 0.25) is 0 Å². The molecule has 0 bridgehead atoms. The van der Waals surface area contributed by atoms with Crippen molar-refractivity contribution in [2.45, 2.75) is 69.2 Å². The predicted octanol–water partition coefficient (Wildman–Crippen LogP) is 11.1. The molecule has 2 aromatic carbocycles. The van der Waals surface area contributed by atoms with Crippen molar-refractivity contribution in [1.82, 2.24) is 0 Å². The van der Waals surface area contributed by atoms with Gasteiger partial charge in [0.05, 0.1) is 0 Å². The third-order valence-corrected chi connectivity index (χ3v) is 7.21. The van der Waals surface area contributed by atoms with Gasteiger partial charge in [-0.25, -0.2) is 0 Å². The van der Waals surface area contributed by atoms with Gasteiger partial charge in [-0.05, 0) is 114 Å². The molecule has 0 aromatic heterocycles. The van der Waals surface area contributed by atoms with Gasteiger partial charge in [0.25, 0.3) is 0 Å². The van der Waals surface area contributed by atoms with Crippen LogP contribution in [-0.2, 0) is 0 Å². The molecule has 0 nitrogen and oxygen atoms in total. The van der Waals surface area contributed by atoms with Gasteiger partial charge in [-0.1, -0.05) is 126 Å². The quantitative estimate of drug-likeness (QED) is 0.237. The lowest BCUT2D eigenvalue weighted by Gasteiger charge is -2.07. The number of hydrogen-bond donors (Lipinski definition) is 0. The van der Waals surface area contributed by atoms with Crippen LogP contribution in [0.4, 0.5) is 0 Å². The molecule has 0 N–H and O–H groups in total. The van der Waals surface area contributed by atoms with Gasteiger partial charge in [0, 0.05) is 5.56 Å². The van der Waals surface area contributed by atoms with Gasteiger partial charge in [0.15, 0.2) is 0 Å². The van der Waals surface area contributed by atoms with Gasteiger partial charge in [-0.2, -0.15) is 0 Å². The summed E-state index contributed by atoms with van der Waals surface area (Å²) in [5.74, 6) is 6.65. The van der Waals surface area contributed by atoms with E-state index in [0.29, 0.717) is 0 Å². The van der Waals surface area contributed by atoms with Gasteiger partial charge in [-0.15, -0.1) is 0 Å². The highest BCUT2D eigenvalue weighted by atomic mass is 14.1. The van der Waals surface area contributed by atoms with Crippen LogP contribution in [0.15, 0.2) is 113 Å². The molecule has 0 saturated carbocycles. The zero-order valence-electron chi connectivity index (χ0n) is 26.2. The molecule has 0 aliphatic carbocycles. The topological polar surface area (TPSA) is 0 Å². The molecular weight excluding hydrogens is 480 g/mol. The highest BCUT2D eigenvalue weighted by molar-refractivity contribution is 5.59. The summed E-state index contributed by atoms with van der Waals surface area (Å²) in [6.45, 7) is 21.3. The summed E-state index contributed by atoms with van der Waals surface area (Å²) >= 11 is 0. The van der Waals surface area contributed by atoms with Crippen LogP contribution in [-0.4, -0.2) is 0 Å². The molecule has 2 rings (SSSR count). The second-order valence-electron chi connectivity index (χ2n) is 10.7. The molecular formula is C40H46. The number of rotatable bonds is 8. The molecule has 0 heteroatoms. The standard InChI is InChI=1S/C40H46/c1-29(17-13-19-31(3)21-26-39-27-25-33(5)36(8)38(39)10)15-11-12-16-30(2)18-14-20-32(4)22-28-40-35(7)24-23-34(6)37(40)9/h11-21,23-27H,1-10H3/b12-11+,17-13+,18-14+,26-21+,29-15+,30-16+,31-19+,32-20+. The first-order valence-corrected chi connectivity index (χ1v) is 14.0. The highest BCUT2D eigenvalue weighted by Crippen LogP contribution is 2.19. The van der Waals surface area contributed by atoms with E-state index < -0.39 is 0 Å². The Morgan fingerprint density at radius 1 is 0.525 bits per heavy atom. The van der Waals surface area contributed by atoms with E-state index in [1.807, 2.05) is 0 Å². The van der Waals surface area contributed by atoms with Crippen LogP contribution < -0.4 is 0 Å². The van der Waals surface area contributed by atoms with Crippen LogP contribution >= 0.6 is 0 Å². The van der Waals surface area contributed by atoms with Crippen molar-refractivity contribution in [3.8, 4) is 11.8 Å². The first kappa shape index (κ1) is 32.1. The van der Waals surface area contributed by atoms with Gasteiger partial charge in [0.2, 0.25) is 0 Å². The summed E-state index contributed by atoms with van der Waals surface area (Å²) in [5.41, 5.74) is 14.9. The van der Waals surface area contributed by atoms with Crippen molar-refractivity contribution >= 4 is 6.08 Å². The summed E-state index contributed by atoms with van der Waals surface area (Å²) in [6.07, 6.45) is 25.4. The second kappa shape index (κ2) is 16.1. The summed E-state index contributed by atoms with van der Waals surface area (Å²) in [4.78, 5) is 0. The van der Waals surface area contributed by atoms with E-state index in [9.17, 15) is 0 Å².